The third-order valence-corrected chi connectivity index (χ3v) is 3.34. The monoisotopic (exact) mass is 283 g/mol. The Labute approximate surface area is 125 Å². The summed E-state index contributed by atoms with van der Waals surface area (Å²) in [5, 5.41) is 6.06. The minimum absolute atomic E-state index is 0.0902. The minimum Gasteiger partial charge on any atom is -0.370 e. The van der Waals surface area contributed by atoms with Crippen molar-refractivity contribution >= 4 is 11.7 Å². The maximum atomic E-state index is 12.2. The highest BCUT2D eigenvalue weighted by Gasteiger charge is 2.11. The first-order valence-electron chi connectivity index (χ1n) is 7.24. The second-order valence-corrected chi connectivity index (χ2v) is 4.86. The molecule has 4 heteroatoms. The molecule has 1 aromatic carbocycles. The summed E-state index contributed by atoms with van der Waals surface area (Å²) in [5.41, 5.74) is 3.10. The molecule has 1 amide bonds. The van der Waals surface area contributed by atoms with Gasteiger partial charge in [-0.25, -0.2) is 4.98 Å². The summed E-state index contributed by atoms with van der Waals surface area (Å²) in [6, 6.07) is 11.8. The lowest BCUT2D eigenvalue weighted by molar-refractivity contribution is 0.0954. The van der Waals surface area contributed by atoms with E-state index in [1.54, 1.807) is 18.3 Å². The molecule has 0 saturated carbocycles. The van der Waals surface area contributed by atoms with Gasteiger partial charge in [-0.1, -0.05) is 24.3 Å². The van der Waals surface area contributed by atoms with Crippen molar-refractivity contribution < 1.29 is 4.79 Å². The van der Waals surface area contributed by atoms with Crippen LogP contribution in [0.5, 0.6) is 0 Å². The lowest BCUT2D eigenvalue weighted by Crippen LogP contribution is -2.27. The quantitative estimate of drug-likeness (QED) is 0.857. The summed E-state index contributed by atoms with van der Waals surface area (Å²) in [5.74, 6) is 0.543. The molecule has 0 aliphatic heterocycles. The molecule has 0 saturated heterocycles. The van der Waals surface area contributed by atoms with E-state index < -0.39 is 0 Å². The zero-order chi connectivity index (χ0) is 15.1. The summed E-state index contributed by atoms with van der Waals surface area (Å²) >= 11 is 0. The molecule has 0 unspecified atom stereocenters. The second-order valence-electron chi connectivity index (χ2n) is 4.86. The Bertz CT molecular complexity index is 610. The Morgan fingerprint density at radius 1 is 1.19 bits per heavy atom. The first kappa shape index (κ1) is 15.0. The smallest absolute Gasteiger partial charge is 0.255 e. The number of nitrogens with one attached hydrogen (secondary N) is 2. The van der Waals surface area contributed by atoms with E-state index in [0.29, 0.717) is 17.9 Å². The lowest BCUT2D eigenvalue weighted by atomic mass is 10.1. The van der Waals surface area contributed by atoms with Gasteiger partial charge in [0.05, 0.1) is 5.56 Å². The number of carbonyl (C=O) groups is 1. The Hall–Kier alpha value is -2.36. The van der Waals surface area contributed by atoms with Crippen LogP contribution < -0.4 is 10.6 Å². The number of hydrogen-bond acceptors (Lipinski definition) is 3. The molecule has 0 aliphatic carbocycles. The van der Waals surface area contributed by atoms with Crippen molar-refractivity contribution in [2.75, 3.05) is 18.4 Å². The predicted octanol–water partition coefficient (Wildman–Crippen LogP) is 2.79. The van der Waals surface area contributed by atoms with Crippen LogP contribution >= 0.6 is 0 Å². The van der Waals surface area contributed by atoms with E-state index in [1.807, 2.05) is 19.1 Å². The fourth-order valence-corrected chi connectivity index (χ4v) is 2.19. The van der Waals surface area contributed by atoms with Crippen molar-refractivity contribution in [1.29, 1.82) is 0 Å². The molecule has 110 valence electrons. The third kappa shape index (κ3) is 4.05. The van der Waals surface area contributed by atoms with E-state index in [4.69, 9.17) is 0 Å². The molecule has 0 bridgehead atoms. The highest BCUT2D eigenvalue weighted by Crippen LogP contribution is 2.11. The molecule has 2 N–H and O–H groups in total. The molecular weight excluding hydrogens is 262 g/mol. The predicted molar refractivity (Wildman–Crippen MR) is 85.6 cm³/mol. The van der Waals surface area contributed by atoms with Crippen molar-refractivity contribution in [1.82, 2.24) is 10.3 Å². The Balaban J connectivity index is 1.95. The third-order valence-electron chi connectivity index (χ3n) is 3.34. The minimum atomic E-state index is -0.0902. The van der Waals surface area contributed by atoms with E-state index in [9.17, 15) is 4.79 Å². The van der Waals surface area contributed by atoms with Gasteiger partial charge in [0.15, 0.2) is 0 Å². The van der Waals surface area contributed by atoms with E-state index >= 15 is 0 Å². The van der Waals surface area contributed by atoms with Crippen LogP contribution in [-0.4, -0.2) is 24.0 Å². The van der Waals surface area contributed by atoms with Gasteiger partial charge >= 0.3 is 0 Å². The fraction of sp³-hybridized carbons (Fsp3) is 0.294. The Kier molecular flexibility index (Phi) is 5.32. The Morgan fingerprint density at radius 2 is 2.00 bits per heavy atom. The van der Waals surface area contributed by atoms with Gasteiger partial charge in [-0.3, -0.25) is 4.79 Å². The van der Waals surface area contributed by atoms with Gasteiger partial charge in [-0.2, -0.15) is 0 Å². The van der Waals surface area contributed by atoms with Crippen LogP contribution in [0.15, 0.2) is 42.6 Å². The van der Waals surface area contributed by atoms with Crippen molar-refractivity contribution in [2.24, 2.45) is 0 Å². The van der Waals surface area contributed by atoms with Gasteiger partial charge in [0.2, 0.25) is 0 Å². The first-order chi connectivity index (χ1) is 10.2. The van der Waals surface area contributed by atoms with E-state index in [1.165, 1.54) is 11.1 Å². The van der Waals surface area contributed by atoms with Crippen LogP contribution in [0.2, 0.25) is 0 Å². The zero-order valence-corrected chi connectivity index (χ0v) is 12.5. The first-order valence-corrected chi connectivity index (χ1v) is 7.24. The van der Waals surface area contributed by atoms with Crippen LogP contribution in [-0.2, 0) is 6.42 Å². The standard InChI is InChI=1S/C17H21N3O/c1-3-18-16-15(9-6-11-19-16)17(21)20-12-10-14-8-5-4-7-13(14)2/h4-9,11H,3,10,12H2,1-2H3,(H,18,19)(H,20,21). The molecule has 0 fully saturated rings. The topological polar surface area (TPSA) is 54.0 Å². The average molecular weight is 283 g/mol. The van der Waals surface area contributed by atoms with E-state index in [2.05, 4.69) is 34.7 Å². The average Bonchev–Trinajstić information content (AvgIpc) is 2.50. The van der Waals surface area contributed by atoms with Gasteiger partial charge in [-0.15, -0.1) is 0 Å². The summed E-state index contributed by atoms with van der Waals surface area (Å²) < 4.78 is 0. The molecule has 0 spiro atoms. The number of benzene rings is 1. The second kappa shape index (κ2) is 7.43. The number of nitrogens with zero attached hydrogens (tertiary/aromatic N) is 1. The molecule has 2 aromatic rings. The normalized spacial score (nSPS) is 10.2. The van der Waals surface area contributed by atoms with Gasteiger partial charge in [0, 0.05) is 19.3 Å². The number of aryl methyl sites for hydroxylation is 1. The zero-order valence-electron chi connectivity index (χ0n) is 12.5. The van der Waals surface area contributed by atoms with Crippen LogP contribution in [0.25, 0.3) is 0 Å². The molecule has 21 heavy (non-hydrogen) atoms. The van der Waals surface area contributed by atoms with Crippen LogP contribution in [0, 0.1) is 6.92 Å². The molecule has 0 aliphatic rings. The largest absolute Gasteiger partial charge is 0.370 e. The van der Waals surface area contributed by atoms with E-state index in [-0.39, 0.29) is 5.91 Å². The fourth-order valence-electron chi connectivity index (χ4n) is 2.19. The highest BCUT2D eigenvalue weighted by molar-refractivity contribution is 5.98. The number of pyridine rings is 1. The van der Waals surface area contributed by atoms with Crippen LogP contribution in [0.1, 0.15) is 28.4 Å². The molecular formula is C17H21N3O. The number of hydrogen-bond donors (Lipinski definition) is 2. The van der Waals surface area contributed by atoms with E-state index in [0.717, 1.165) is 13.0 Å². The Morgan fingerprint density at radius 3 is 2.76 bits per heavy atom. The number of carbonyl (C=O) groups excluding carboxylic acids is 1. The number of amides is 1. The van der Waals surface area contributed by atoms with Gasteiger partial charge in [0.25, 0.3) is 5.91 Å². The molecule has 1 aromatic heterocycles. The number of anilines is 1. The summed E-state index contributed by atoms with van der Waals surface area (Å²) in [4.78, 5) is 16.4. The van der Waals surface area contributed by atoms with Crippen molar-refractivity contribution in [2.45, 2.75) is 20.3 Å². The molecule has 0 radical (unpaired) electrons. The van der Waals surface area contributed by atoms with Crippen molar-refractivity contribution in [3.8, 4) is 0 Å². The molecule has 4 nitrogen and oxygen atoms in total. The summed E-state index contributed by atoms with van der Waals surface area (Å²) in [6.07, 6.45) is 2.51. The van der Waals surface area contributed by atoms with Gasteiger partial charge in [0.1, 0.15) is 5.82 Å². The SMILES string of the molecule is CCNc1ncccc1C(=O)NCCc1ccccc1C. The summed E-state index contributed by atoms with van der Waals surface area (Å²) in [7, 11) is 0. The van der Waals surface area contributed by atoms with Crippen molar-refractivity contribution in [3.63, 3.8) is 0 Å². The highest BCUT2D eigenvalue weighted by atomic mass is 16.1. The molecule has 2 rings (SSSR count). The maximum Gasteiger partial charge on any atom is 0.255 e. The van der Waals surface area contributed by atoms with Crippen LogP contribution in [0.4, 0.5) is 5.82 Å². The maximum absolute atomic E-state index is 12.2. The summed E-state index contributed by atoms with van der Waals surface area (Å²) in [6.45, 7) is 5.42. The van der Waals surface area contributed by atoms with Crippen molar-refractivity contribution in [3.05, 3.63) is 59.3 Å². The van der Waals surface area contributed by atoms with Gasteiger partial charge < -0.3 is 10.6 Å². The van der Waals surface area contributed by atoms with Crippen LogP contribution in [0.3, 0.4) is 0 Å². The lowest BCUT2D eigenvalue weighted by Gasteiger charge is -2.10. The molecule has 1 heterocycles. The molecule has 0 atom stereocenters. The van der Waals surface area contributed by atoms with Gasteiger partial charge in [-0.05, 0) is 43.5 Å². The number of rotatable bonds is 6. The number of aromatic nitrogens is 1.